The van der Waals surface area contributed by atoms with Crippen molar-refractivity contribution >= 4 is 53.9 Å². The summed E-state index contributed by atoms with van der Waals surface area (Å²) in [4.78, 5) is 3.61. The fraction of sp³-hybridized carbons (Fsp3) is 0.0238. The molecule has 9 rings (SSSR count). The van der Waals surface area contributed by atoms with E-state index in [2.05, 4.69) is 4.98 Å². The standard InChI is InChI=1S/C42H19F8N/c43-23-8-11-29-31(17-23)37(22-15-34(45)41(47)35(46)16-22)25-3-1-2-4-26(25)39(29)27-12-13-30-33(44)18-32-24(21-7-14-36(51-19-21)42(48,49)50)9-5-20-6-10-28(27)40(30)38(20)32/h1-19H. The molecule has 0 N–H and O–H groups in total. The van der Waals surface area contributed by atoms with Crippen molar-refractivity contribution in [3.63, 3.8) is 0 Å². The number of benzene rings is 8. The summed E-state index contributed by atoms with van der Waals surface area (Å²) in [7, 11) is 0. The molecule has 0 aliphatic rings. The van der Waals surface area contributed by atoms with E-state index >= 15 is 8.78 Å². The molecule has 0 unspecified atom stereocenters. The normalized spacial score (nSPS) is 12.3. The molecule has 0 radical (unpaired) electrons. The maximum absolute atomic E-state index is 16.1. The summed E-state index contributed by atoms with van der Waals surface area (Å²) in [6, 6.07) is 27.2. The Kier molecular flexibility index (Phi) is 6.64. The molecule has 0 fully saturated rings. The van der Waals surface area contributed by atoms with E-state index in [1.54, 1.807) is 42.5 Å². The summed E-state index contributed by atoms with van der Waals surface area (Å²) in [5.74, 6) is -5.53. The molecule has 9 heteroatoms. The molecule has 1 nitrogen and oxygen atoms in total. The maximum Gasteiger partial charge on any atom is 0.433 e. The van der Waals surface area contributed by atoms with E-state index in [9.17, 15) is 26.3 Å². The second-order valence-corrected chi connectivity index (χ2v) is 12.4. The lowest BCUT2D eigenvalue weighted by Gasteiger charge is -2.21. The first-order chi connectivity index (χ1) is 24.5. The Morgan fingerprint density at radius 2 is 1.10 bits per heavy atom. The third kappa shape index (κ3) is 4.64. The van der Waals surface area contributed by atoms with Crippen LogP contribution < -0.4 is 0 Å². The minimum atomic E-state index is -4.62. The fourth-order valence-electron chi connectivity index (χ4n) is 7.49. The van der Waals surface area contributed by atoms with Crippen LogP contribution in [0.5, 0.6) is 0 Å². The third-order valence-electron chi connectivity index (χ3n) is 9.62. The lowest BCUT2D eigenvalue weighted by atomic mass is 9.82. The van der Waals surface area contributed by atoms with Gasteiger partial charge in [0.15, 0.2) is 17.5 Å². The molecule has 0 atom stereocenters. The second kappa shape index (κ2) is 11.0. The summed E-state index contributed by atoms with van der Waals surface area (Å²) >= 11 is 0. The molecule has 0 spiro atoms. The van der Waals surface area contributed by atoms with E-state index in [1.165, 1.54) is 24.3 Å². The minimum Gasteiger partial charge on any atom is -0.251 e. The van der Waals surface area contributed by atoms with E-state index in [4.69, 9.17) is 0 Å². The number of hydrogen-bond acceptors (Lipinski definition) is 1. The van der Waals surface area contributed by atoms with Crippen LogP contribution in [0.4, 0.5) is 35.1 Å². The van der Waals surface area contributed by atoms with Crippen LogP contribution in [0.25, 0.3) is 87.2 Å². The average Bonchev–Trinajstić information content (AvgIpc) is 3.11. The Balaban J connectivity index is 1.38. The summed E-state index contributed by atoms with van der Waals surface area (Å²) in [5.41, 5.74) is 1.47. The number of alkyl halides is 3. The van der Waals surface area contributed by atoms with Gasteiger partial charge in [-0.25, -0.2) is 22.0 Å². The molecule has 0 saturated heterocycles. The third-order valence-corrected chi connectivity index (χ3v) is 9.62. The quantitative estimate of drug-likeness (QED) is 0.0779. The first kappa shape index (κ1) is 30.9. The molecular formula is C42H19F8N. The van der Waals surface area contributed by atoms with Gasteiger partial charge in [0.25, 0.3) is 0 Å². The van der Waals surface area contributed by atoms with Crippen LogP contribution >= 0.6 is 0 Å². The Labute approximate surface area is 283 Å². The van der Waals surface area contributed by atoms with Gasteiger partial charge in [-0.05, 0) is 107 Å². The van der Waals surface area contributed by atoms with E-state index in [1.807, 2.05) is 24.3 Å². The zero-order valence-electron chi connectivity index (χ0n) is 25.9. The number of pyridine rings is 1. The zero-order chi connectivity index (χ0) is 35.3. The lowest BCUT2D eigenvalue weighted by Crippen LogP contribution is -2.07. The van der Waals surface area contributed by atoms with Gasteiger partial charge in [0.2, 0.25) is 0 Å². The molecular weight excluding hydrogens is 670 g/mol. The molecule has 248 valence electrons. The fourth-order valence-corrected chi connectivity index (χ4v) is 7.49. The van der Waals surface area contributed by atoms with Gasteiger partial charge >= 0.3 is 6.18 Å². The number of fused-ring (bicyclic) bond motifs is 2. The lowest BCUT2D eigenvalue weighted by molar-refractivity contribution is -0.141. The first-order valence-corrected chi connectivity index (χ1v) is 15.7. The van der Waals surface area contributed by atoms with Crippen LogP contribution in [0.2, 0.25) is 0 Å². The van der Waals surface area contributed by atoms with Crippen LogP contribution in [-0.4, -0.2) is 4.98 Å². The van der Waals surface area contributed by atoms with Crippen molar-refractivity contribution in [1.29, 1.82) is 0 Å². The van der Waals surface area contributed by atoms with Crippen LogP contribution in [0, 0.1) is 29.1 Å². The monoisotopic (exact) mass is 689 g/mol. The average molecular weight is 690 g/mol. The Hall–Kier alpha value is -6.09. The highest BCUT2D eigenvalue weighted by Crippen LogP contribution is 2.49. The number of halogens is 8. The number of aromatic nitrogens is 1. The van der Waals surface area contributed by atoms with Crippen LogP contribution in [0.15, 0.2) is 115 Å². The maximum atomic E-state index is 16.1. The topological polar surface area (TPSA) is 12.9 Å². The molecule has 8 aromatic carbocycles. The summed E-state index contributed by atoms with van der Waals surface area (Å²) in [5, 5.41) is 5.51. The summed E-state index contributed by atoms with van der Waals surface area (Å²) < 4.78 is 114. The number of rotatable bonds is 3. The SMILES string of the molecule is Fc1ccc2c(-c3ccc4c(F)cc5c(-c6ccc(C(F)(F)F)nc6)ccc6ccc3c4c65)c3ccccc3c(-c3cc(F)c(F)c(F)c3)c2c1. The van der Waals surface area contributed by atoms with Crippen molar-refractivity contribution in [2.75, 3.05) is 0 Å². The predicted octanol–water partition coefficient (Wildman–Crippen LogP) is 13.0. The van der Waals surface area contributed by atoms with Crippen molar-refractivity contribution in [1.82, 2.24) is 4.98 Å². The van der Waals surface area contributed by atoms with Crippen molar-refractivity contribution in [3.05, 3.63) is 150 Å². The van der Waals surface area contributed by atoms with Crippen molar-refractivity contribution in [2.24, 2.45) is 0 Å². The molecule has 51 heavy (non-hydrogen) atoms. The first-order valence-electron chi connectivity index (χ1n) is 15.7. The smallest absolute Gasteiger partial charge is 0.251 e. The zero-order valence-corrected chi connectivity index (χ0v) is 25.9. The van der Waals surface area contributed by atoms with Gasteiger partial charge in [0.1, 0.15) is 17.3 Å². The largest absolute Gasteiger partial charge is 0.433 e. The molecule has 1 heterocycles. The van der Waals surface area contributed by atoms with Crippen LogP contribution in [-0.2, 0) is 6.18 Å². The molecule has 0 bridgehead atoms. The molecule has 0 saturated carbocycles. The van der Waals surface area contributed by atoms with Crippen molar-refractivity contribution in [2.45, 2.75) is 6.18 Å². The van der Waals surface area contributed by atoms with Crippen LogP contribution in [0.1, 0.15) is 5.69 Å². The van der Waals surface area contributed by atoms with Gasteiger partial charge in [-0.2, -0.15) is 13.2 Å². The Morgan fingerprint density at radius 1 is 0.451 bits per heavy atom. The van der Waals surface area contributed by atoms with Gasteiger partial charge in [0.05, 0.1) is 0 Å². The van der Waals surface area contributed by atoms with Crippen molar-refractivity contribution < 1.29 is 35.1 Å². The van der Waals surface area contributed by atoms with Gasteiger partial charge < -0.3 is 0 Å². The van der Waals surface area contributed by atoms with Gasteiger partial charge in [0, 0.05) is 22.5 Å². The van der Waals surface area contributed by atoms with Gasteiger partial charge in [-0.3, -0.25) is 4.98 Å². The van der Waals surface area contributed by atoms with Crippen LogP contribution in [0.3, 0.4) is 0 Å². The highest BCUT2D eigenvalue weighted by molar-refractivity contribution is 6.30. The second-order valence-electron chi connectivity index (χ2n) is 12.4. The molecule has 0 aliphatic carbocycles. The minimum absolute atomic E-state index is 0.0208. The molecule has 0 aliphatic heterocycles. The highest BCUT2D eigenvalue weighted by atomic mass is 19.4. The predicted molar refractivity (Wildman–Crippen MR) is 184 cm³/mol. The molecule has 9 aromatic rings. The highest BCUT2D eigenvalue weighted by Gasteiger charge is 2.32. The van der Waals surface area contributed by atoms with E-state index in [-0.39, 0.29) is 5.56 Å². The Bertz CT molecular complexity index is 2870. The van der Waals surface area contributed by atoms with E-state index in [0.717, 1.165) is 29.8 Å². The van der Waals surface area contributed by atoms with E-state index in [0.29, 0.717) is 76.3 Å². The van der Waals surface area contributed by atoms with E-state index < -0.39 is 41.0 Å². The van der Waals surface area contributed by atoms with Crippen molar-refractivity contribution in [3.8, 4) is 33.4 Å². The molecule has 1 aromatic heterocycles. The van der Waals surface area contributed by atoms with Gasteiger partial charge in [-0.15, -0.1) is 0 Å². The van der Waals surface area contributed by atoms with Gasteiger partial charge in [-0.1, -0.05) is 72.8 Å². The summed E-state index contributed by atoms with van der Waals surface area (Å²) in [6.07, 6.45) is -3.50. The Morgan fingerprint density at radius 3 is 1.80 bits per heavy atom. The number of nitrogens with zero attached hydrogens (tertiary/aromatic N) is 1. The molecule has 0 amide bonds. The summed E-state index contributed by atoms with van der Waals surface area (Å²) in [6.45, 7) is 0. The number of hydrogen-bond donors (Lipinski definition) is 0.